The molecule has 11 nitrogen and oxygen atoms in total. The second-order valence-electron chi connectivity index (χ2n) is 12.2. The predicted octanol–water partition coefficient (Wildman–Crippen LogP) is 3.00. The number of nitrogens with zero attached hydrogens (tertiary/aromatic N) is 7. The summed E-state index contributed by atoms with van der Waals surface area (Å²) in [5.74, 6) is -1.69. The van der Waals surface area contributed by atoms with Gasteiger partial charge >= 0.3 is 6.18 Å². The van der Waals surface area contributed by atoms with Crippen LogP contribution in [0.1, 0.15) is 30.2 Å². The first-order valence-electron chi connectivity index (χ1n) is 15.2. The number of fused-ring (bicyclic) bond motifs is 1. The number of carbonyl (C=O) groups excluding carboxylic acids is 3. The Bertz CT molecular complexity index is 1640. The van der Waals surface area contributed by atoms with Crippen LogP contribution in [0.15, 0.2) is 36.9 Å². The second-order valence-corrected chi connectivity index (χ2v) is 12.2. The summed E-state index contributed by atoms with van der Waals surface area (Å²) in [7, 11) is 1.46. The van der Waals surface area contributed by atoms with Gasteiger partial charge in [0.25, 0.3) is 0 Å². The van der Waals surface area contributed by atoms with Gasteiger partial charge in [0.05, 0.1) is 22.5 Å². The number of anilines is 3. The number of amides is 3. The largest absolute Gasteiger partial charge is 0.417 e. The molecule has 2 aromatic rings. The molecule has 3 aliphatic rings. The first-order valence-corrected chi connectivity index (χ1v) is 15.2. The zero-order valence-electron chi connectivity index (χ0n) is 26.4. The number of aromatic nitrogens is 1. The van der Waals surface area contributed by atoms with Crippen LogP contribution in [-0.2, 0) is 20.6 Å². The fourth-order valence-corrected chi connectivity index (χ4v) is 6.82. The molecule has 1 spiro atoms. The van der Waals surface area contributed by atoms with Crippen molar-refractivity contribution in [2.24, 2.45) is 0 Å². The van der Waals surface area contributed by atoms with E-state index in [1.807, 2.05) is 0 Å². The van der Waals surface area contributed by atoms with Crippen molar-refractivity contribution in [3.63, 3.8) is 0 Å². The number of aryl methyl sites for hydroxylation is 1. The highest BCUT2D eigenvalue weighted by Gasteiger charge is 2.52. The number of nitrogens with one attached hydrogen (secondary N) is 1. The number of carbonyl (C=O) groups is 3. The third-order valence-electron chi connectivity index (χ3n) is 9.09. The summed E-state index contributed by atoms with van der Waals surface area (Å²) >= 11 is 0. The molecule has 3 aliphatic heterocycles. The Morgan fingerprint density at radius 2 is 1.91 bits per heavy atom. The number of alkyl halides is 3. The minimum Gasteiger partial charge on any atom is -0.366 e. The van der Waals surface area contributed by atoms with Crippen LogP contribution in [0.3, 0.4) is 0 Å². The summed E-state index contributed by atoms with van der Waals surface area (Å²) in [5, 5.41) is 12.4. The fraction of sp³-hybridized carbons (Fsp3) is 0.469. The van der Waals surface area contributed by atoms with Gasteiger partial charge < -0.3 is 24.9 Å². The monoisotopic (exact) mass is 656 g/mol. The lowest BCUT2D eigenvalue weighted by atomic mass is 9.84. The molecule has 1 aromatic carbocycles. The third kappa shape index (κ3) is 6.47. The van der Waals surface area contributed by atoms with E-state index < -0.39 is 40.6 Å². The molecule has 0 bridgehead atoms. The molecular formula is C32H36F4N8O3. The lowest BCUT2D eigenvalue weighted by Gasteiger charge is -2.59. The number of rotatable bonds is 6. The molecule has 0 saturated carbocycles. The van der Waals surface area contributed by atoms with E-state index in [1.165, 1.54) is 44.0 Å². The van der Waals surface area contributed by atoms with E-state index in [2.05, 4.69) is 21.8 Å². The van der Waals surface area contributed by atoms with Crippen molar-refractivity contribution in [1.82, 2.24) is 19.7 Å². The highest BCUT2D eigenvalue weighted by molar-refractivity contribution is 6.01. The lowest BCUT2D eigenvalue weighted by molar-refractivity contribution is -0.161. The average molecular weight is 657 g/mol. The first-order chi connectivity index (χ1) is 22.2. The molecular weight excluding hydrogens is 620 g/mol. The first kappa shape index (κ1) is 33.6. The van der Waals surface area contributed by atoms with Crippen LogP contribution in [0.5, 0.6) is 0 Å². The number of nitriles is 1. The standard InChI is InChI=1S/C32H36F4N8O3/c1-5-27(46)43-18-31(19-43)17-41(12-14-44(31)21(3)45)11-13-42-10-9-25(30(47)40(4)26-8-6-7-24(33)28(26)42)39-29-22(16-37)23(32(34,35)36)15-20(2)38-29/h5-8,15,25H,1,9-14,17-19H2,2-4H3,(H,38,39)/t25-/m0/s1. The summed E-state index contributed by atoms with van der Waals surface area (Å²) in [6.07, 6.45) is -3.49. The molecule has 2 fully saturated rings. The van der Waals surface area contributed by atoms with Gasteiger partial charge in [0, 0.05) is 72.0 Å². The van der Waals surface area contributed by atoms with E-state index in [9.17, 15) is 32.8 Å². The molecule has 1 N–H and O–H groups in total. The van der Waals surface area contributed by atoms with E-state index in [0.29, 0.717) is 45.8 Å². The molecule has 1 aromatic heterocycles. The number of pyridine rings is 1. The summed E-state index contributed by atoms with van der Waals surface area (Å²) < 4.78 is 56.8. The van der Waals surface area contributed by atoms with Gasteiger partial charge in [0.1, 0.15) is 29.3 Å². The van der Waals surface area contributed by atoms with E-state index in [0.717, 1.165) is 6.07 Å². The predicted molar refractivity (Wildman–Crippen MR) is 166 cm³/mol. The van der Waals surface area contributed by atoms with Gasteiger partial charge in [-0.2, -0.15) is 18.4 Å². The van der Waals surface area contributed by atoms with Crippen LogP contribution >= 0.6 is 0 Å². The molecule has 0 unspecified atom stereocenters. The number of benzene rings is 1. The number of likely N-dealkylation sites (tertiary alicyclic amines) is 1. The quantitative estimate of drug-likeness (QED) is 0.373. The Balaban J connectivity index is 1.39. The molecule has 4 heterocycles. The van der Waals surface area contributed by atoms with E-state index in [1.54, 1.807) is 26.8 Å². The number of likely N-dealkylation sites (N-methyl/N-ethyl adjacent to an activating group) is 1. The Kier molecular flexibility index (Phi) is 9.18. The number of piperazine rings is 1. The Labute approximate surface area is 270 Å². The SMILES string of the molecule is C=CC(=O)N1CC2(CN(CCN3CC[C@H](Nc4nc(C)cc(C(F)(F)F)c4C#N)C(=O)N(C)c4cccc(F)c43)CCN2C(C)=O)C1. The number of hydrogen-bond donors (Lipinski definition) is 1. The second kappa shape index (κ2) is 12.8. The van der Waals surface area contributed by atoms with Crippen LogP contribution in [-0.4, -0.2) is 108 Å². The molecule has 3 amide bonds. The van der Waals surface area contributed by atoms with Crippen molar-refractivity contribution in [1.29, 1.82) is 5.26 Å². The van der Waals surface area contributed by atoms with Crippen molar-refractivity contribution in [3.8, 4) is 6.07 Å². The van der Waals surface area contributed by atoms with Crippen LogP contribution in [0.4, 0.5) is 34.8 Å². The highest BCUT2D eigenvalue weighted by atomic mass is 19.4. The normalized spacial score (nSPS) is 19.8. The minimum atomic E-state index is -4.81. The maximum absolute atomic E-state index is 15.5. The summed E-state index contributed by atoms with van der Waals surface area (Å²) in [5.41, 5.74) is -1.89. The molecule has 250 valence electrons. The van der Waals surface area contributed by atoms with Crippen molar-refractivity contribution >= 4 is 34.9 Å². The van der Waals surface area contributed by atoms with E-state index in [-0.39, 0.29) is 47.7 Å². The number of halogens is 4. The zero-order valence-corrected chi connectivity index (χ0v) is 26.4. The van der Waals surface area contributed by atoms with Crippen molar-refractivity contribution in [2.75, 3.05) is 74.5 Å². The van der Waals surface area contributed by atoms with Crippen molar-refractivity contribution in [3.05, 3.63) is 59.6 Å². The van der Waals surface area contributed by atoms with Gasteiger partial charge in [-0.05, 0) is 37.6 Å². The minimum absolute atomic E-state index is 0.0191. The fourth-order valence-electron chi connectivity index (χ4n) is 6.82. The van der Waals surface area contributed by atoms with Gasteiger partial charge in [-0.25, -0.2) is 9.37 Å². The Hall–Kier alpha value is -4.71. The van der Waals surface area contributed by atoms with Gasteiger partial charge in [0.15, 0.2) is 0 Å². The van der Waals surface area contributed by atoms with E-state index >= 15 is 4.39 Å². The Morgan fingerprint density at radius 1 is 1.19 bits per heavy atom. The summed E-state index contributed by atoms with van der Waals surface area (Å²) in [6, 6.07) is 5.67. The maximum atomic E-state index is 15.5. The highest BCUT2D eigenvalue weighted by Crippen LogP contribution is 2.38. The molecule has 5 rings (SSSR count). The van der Waals surface area contributed by atoms with E-state index in [4.69, 9.17) is 0 Å². The molecule has 2 saturated heterocycles. The summed E-state index contributed by atoms with van der Waals surface area (Å²) in [4.78, 5) is 51.1. The van der Waals surface area contributed by atoms with Gasteiger partial charge in [0.2, 0.25) is 17.7 Å². The lowest BCUT2D eigenvalue weighted by Crippen LogP contribution is -2.78. The van der Waals surface area contributed by atoms with Crippen LogP contribution in [0.2, 0.25) is 0 Å². The van der Waals surface area contributed by atoms with Gasteiger partial charge in [-0.3, -0.25) is 19.3 Å². The van der Waals surface area contributed by atoms with Crippen LogP contribution in [0.25, 0.3) is 0 Å². The van der Waals surface area contributed by atoms with Crippen LogP contribution < -0.4 is 15.1 Å². The van der Waals surface area contributed by atoms with Gasteiger partial charge in [-0.15, -0.1) is 0 Å². The maximum Gasteiger partial charge on any atom is 0.417 e. The van der Waals surface area contributed by atoms with Crippen LogP contribution in [0, 0.1) is 24.1 Å². The number of para-hydroxylation sites is 1. The molecule has 47 heavy (non-hydrogen) atoms. The molecule has 1 atom stereocenters. The van der Waals surface area contributed by atoms with Gasteiger partial charge in [-0.1, -0.05) is 12.6 Å². The zero-order chi connectivity index (χ0) is 34.3. The third-order valence-corrected chi connectivity index (χ3v) is 9.09. The topological polar surface area (TPSA) is 116 Å². The molecule has 15 heteroatoms. The number of hydrogen-bond acceptors (Lipinski definition) is 8. The summed E-state index contributed by atoms with van der Waals surface area (Å²) in [6.45, 7) is 9.67. The Morgan fingerprint density at radius 3 is 2.55 bits per heavy atom. The smallest absolute Gasteiger partial charge is 0.366 e. The molecule has 0 aliphatic carbocycles. The van der Waals surface area contributed by atoms with Crippen molar-refractivity contribution < 1.29 is 31.9 Å². The average Bonchev–Trinajstić information content (AvgIpc) is 3.00. The van der Waals surface area contributed by atoms with Crippen molar-refractivity contribution in [2.45, 2.75) is 38.0 Å². The molecule has 0 radical (unpaired) electrons.